The summed E-state index contributed by atoms with van der Waals surface area (Å²) >= 11 is 1.56. The highest BCUT2D eigenvalue weighted by Gasteiger charge is 2.15. The Balaban J connectivity index is 2.28. The van der Waals surface area contributed by atoms with Crippen molar-refractivity contribution in [3.8, 4) is 11.1 Å². The van der Waals surface area contributed by atoms with Crippen LogP contribution in [0.5, 0.6) is 0 Å². The zero-order valence-electron chi connectivity index (χ0n) is 7.83. The minimum atomic E-state index is -0.197. The Morgan fingerprint density at radius 3 is 2.80 bits per heavy atom. The monoisotopic (exact) mass is 217 g/mol. The molecule has 0 fully saturated rings. The molecule has 0 saturated carbocycles. The molecule has 0 amide bonds. The van der Waals surface area contributed by atoms with Crippen LogP contribution in [0.15, 0.2) is 47.4 Å². The second kappa shape index (κ2) is 3.28. The van der Waals surface area contributed by atoms with Crippen LogP contribution in [0.25, 0.3) is 11.1 Å². The largest absolute Gasteiger partial charge is 0.325 e. The predicted octanol–water partition coefficient (Wildman–Crippen LogP) is 3.93. The number of nitrogens with one attached hydrogen (secondary N) is 1. The van der Waals surface area contributed by atoms with E-state index in [1.54, 1.807) is 24.1 Å². The van der Waals surface area contributed by atoms with Gasteiger partial charge in [-0.2, -0.15) is 0 Å². The first-order valence-electron chi connectivity index (χ1n) is 4.66. The van der Waals surface area contributed by atoms with Crippen LogP contribution in [-0.2, 0) is 0 Å². The van der Waals surface area contributed by atoms with Crippen LogP contribution in [0.3, 0.4) is 0 Å². The molecule has 0 aliphatic carbocycles. The normalized spacial score (nSPS) is 12.6. The smallest absolute Gasteiger partial charge is 0.123 e. The molecule has 2 aromatic carbocycles. The van der Waals surface area contributed by atoms with Crippen molar-refractivity contribution in [3.63, 3.8) is 0 Å². The summed E-state index contributed by atoms with van der Waals surface area (Å²) in [5.74, 6) is -0.197. The van der Waals surface area contributed by atoms with Gasteiger partial charge >= 0.3 is 0 Å². The van der Waals surface area contributed by atoms with E-state index < -0.39 is 0 Å². The number of fused-ring (bicyclic) bond motifs is 3. The number of anilines is 1. The van der Waals surface area contributed by atoms with Gasteiger partial charge in [0.25, 0.3) is 0 Å². The second-order valence-electron chi connectivity index (χ2n) is 3.39. The van der Waals surface area contributed by atoms with E-state index in [4.69, 9.17) is 0 Å². The molecule has 1 aliphatic rings. The lowest BCUT2D eigenvalue weighted by molar-refractivity contribution is 0.628. The molecule has 3 rings (SSSR count). The Morgan fingerprint density at radius 1 is 1.00 bits per heavy atom. The summed E-state index contributed by atoms with van der Waals surface area (Å²) in [5.41, 5.74) is 3.00. The van der Waals surface area contributed by atoms with Gasteiger partial charge < -0.3 is 4.72 Å². The second-order valence-corrected chi connectivity index (χ2v) is 4.24. The van der Waals surface area contributed by atoms with Gasteiger partial charge in [-0.25, -0.2) is 4.39 Å². The summed E-state index contributed by atoms with van der Waals surface area (Å²) in [5, 5.41) is 0. The van der Waals surface area contributed by atoms with Crippen LogP contribution in [0.1, 0.15) is 0 Å². The Bertz CT molecular complexity index is 525. The molecule has 1 N–H and O–H groups in total. The van der Waals surface area contributed by atoms with Gasteiger partial charge in [-0.1, -0.05) is 18.2 Å². The van der Waals surface area contributed by atoms with Crippen molar-refractivity contribution in [3.05, 3.63) is 48.3 Å². The minimum absolute atomic E-state index is 0.197. The van der Waals surface area contributed by atoms with E-state index in [0.29, 0.717) is 0 Å². The van der Waals surface area contributed by atoms with Gasteiger partial charge in [-0.05, 0) is 41.8 Å². The molecule has 0 bridgehead atoms. The molecule has 0 spiro atoms. The molecule has 1 heterocycles. The van der Waals surface area contributed by atoms with Crippen molar-refractivity contribution in [2.45, 2.75) is 4.90 Å². The Morgan fingerprint density at radius 2 is 1.87 bits per heavy atom. The fourth-order valence-electron chi connectivity index (χ4n) is 1.72. The molecule has 0 radical (unpaired) electrons. The molecule has 0 aromatic heterocycles. The molecular formula is C12H8FNS. The first-order valence-corrected chi connectivity index (χ1v) is 5.48. The van der Waals surface area contributed by atoms with Crippen molar-refractivity contribution >= 4 is 17.6 Å². The van der Waals surface area contributed by atoms with Crippen LogP contribution in [-0.4, -0.2) is 0 Å². The third kappa shape index (κ3) is 1.39. The van der Waals surface area contributed by atoms with Crippen LogP contribution < -0.4 is 4.72 Å². The first-order chi connectivity index (χ1) is 7.34. The number of halogens is 1. The van der Waals surface area contributed by atoms with Crippen molar-refractivity contribution in [1.29, 1.82) is 0 Å². The van der Waals surface area contributed by atoms with Crippen LogP contribution in [0.4, 0.5) is 10.1 Å². The van der Waals surface area contributed by atoms with Gasteiger partial charge in [0.15, 0.2) is 0 Å². The van der Waals surface area contributed by atoms with Gasteiger partial charge in [0.1, 0.15) is 5.82 Å². The topological polar surface area (TPSA) is 12.0 Å². The van der Waals surface area contributed by atoms with Crippen molar-refractivity contribution < 1.29 is 4.39 Å². The molecule has 15 heavy (non-hydrogen) atoms. The lowest BCUT2D eigenvalue weighted by Crippen LogP contribution is -1.98. The highest BCUT2D eigenvalue weighted by Crippen LogP contribution is 2.41. The first kappa shape index (κ1) is 8.80. The predicted molar refractivity (Wildman–Crippen MR) is 61.3 cm³/mol. The Labute approximate surface area is 91.5 Å². The van der Waals surface area contributed by atoms with E-state index in [0.717, 1.165) is 21.7 Å². The lowest BCUT2D eigenvalue weighted by Gasteiger charge is -2.19. The van der Waals surface area contributed by atoms with Gasteiger partial charge in [0.05, 0.1) is 5.69 Å². The van der Waals surface area contributed by atoms with Gasteiger partial charge in [-0.3, -0.25) is 0 Å². The summed E-state index contributed by atoms with van der Waals surface area (Å²) in [7, 11) is 0. The summed E-state index contributed by atoms with van der Waals surface area (Å²) < 4.78 is 16.4. The Hall–Kier alpha value is -1.48. The van der Waals surface area contributed by atoms with Crippen LogP contribution >= 0.6 is 11.9 Å². The summed E-state index contributed by atoms with van der Waals surface area (Å²) in [6, 6.07) is 12.8. The van der Waals surface area contributed by atoms with Crippen molar-refractivity contribution in [1.82, 2.24) is 0 Å². The lowest BCUT2D eigenvalue weighted by atomic mass is 10.0. The molecule has 0 unspecified atom stereocenters. The third-order valence-electron chi connectivity index (χ3n) is 2.43. The molecule has 3 heteroatoms. The van der Waals surface area contributed by atoms with Crippen molar-refractivity contribution in [2.24, 2.45) is 0 Å². The van der Waals surface area contributed by atoms with E-state index in [1.165, 1.54) is 6.07 Å². The van der Waals surface area contributed by atoms with Gasteiger partial charge in [-0.15, -0.1) is 0 Å². The molecule has 0 saturated heterocycles. The molecule has 74 valence electrons. The van der Waals surface area contributed by atoms with Gasteiger partial charge in [0.2, 0.25) is 0 Å². The van der Waals surface area contributed by atoms with Crippen LogP contribution in [0, 0.1) is 5.82 Å². The van der Waals surface area contributed by atoms with Crippen LogP contribution in [0.2, 0.25) is 0 Å². The highest BCUT2D eigenvalue weighted by molar-refractivity contribution is 8.00. The van der Waals surface area contributed by atoms with Crippen molar-refractivity contribution in [2.75, 3.05) is 4.72 Å². The molecular weight excluding hydrogens is 209 g/mol. The number of rotatable bonds is 0. The standard InChI is InChI=1S/C12H8FNS/c13-8-5-6-11-10(7-8)9-3-1-2-4-12(9)15-14-11/h1-7,14H. The number of benzene rings is 2. The third-order valence-corrected chi connectivity index (χ3v) is 3.33. The zero-order chi connectivity index (χ0) is 10.3. The van der Waals surface area contributed by atoms with Gasteiger partial charge in [0, 0.05) is 10.5 Å². The number of hydrogen-bond acceptors (Lipinski definition) is 2. The summed E-state index contributed by atoms with van der Waals surface area (Å²) in [6.45, 7) is 0. The average molecular weight is 217 g/mol. The fraction of sp³-hybridized carbons (Fsp3) is 0. The molecule has 2 aromatic rings. The van der Waals surface area contributed by atoms with E-state index in [1.807, 2.05) is 24.3 Å². The zero-order valence-corrected chi connectivity index (χ0v) is 8.64. The Kier molecular flexibility index (Phi) is 1.92. The molecule has 0 atom stereocenters. The molecule has 1 nitrogen and oxygen atoms in total. The van der Waals surface area contributed by atoms with E-state index >= 15 is 0 Å². The van der Waals surface area contributed by atoms with E-state index in [9.17, 15) is 4.39 Å². The van der Waals surface area contributed by atoms with E-state index in [2.05, 4.69) is 4.72 Å². The fourth-order valence-corrected chi connectivity index (χ4v) is 2.55. The highest BCUT2D eigenvalue weighted by atomic mass is 32.2. The maximum atomic E-state index is 13.2. The number of hydrogen-bond donors (Lipinski definition) is 1. The minimum Gasteiger partial charge on any atom is -0.325 e. The quantitative estimate of drug-likeness (QED) is 0.671. The van der Waals surface area contributed by atoms with E-state index in [-0.39, 0.29) is 5.82 Å². The summed E-state index contributed by atoms with van der Waals surface area (Å²) in [4.78, 5) is 1.13. The maximum Gasteiger partial charge on any atom is 0.123 e. The summed E-state index contributed by atoms with van der Waals surface area (Å²) in [6.07, 6.45) is 0. The SMILES string of the molecule is Fc1ccc2c(c1)-c1ccccc1SN2. The maximum absolute atomic E-state index is 13.2. The average Bonchev–Trinajstić information content (AvgIpc) is 2.29. The molecule has 1 aliphatic heterocycles.